The van der Waals surface area contributed by atoms with E-state index in [4.69, 9.17) is 4.74 Å². The van der Waals surface area contributed by atoms with Crippen LogP contribution in [0, 0.1) is 5.82 Å². The lowest BCUT2D eigenvalue weighted by Gasteiger charge is -2.29. The molecule has 9 heteroatoms. The molecular weight excluding hydrogens is 435 g/mol. The first-order valence-electron chi connectivity index (χ1n) is 10.6. The molecule has 34 heavy (non-hydrogen) atoms. The van der Waals surface area contributed by atoms with Crippen LogP contribution >= 0.6 is 0 Å². The summed E-state index contributed by atoms with van der Waals surface area (Å²) in [7, 11) is 1.53. The van der Waals surface area contributed by atoms with Crippen molar-refractivity contribution in [1.82, 2.24) is 19.7 Å². The summed E-state index contributed by atoms with van der Waals surface area (Å²) in [4.78, 5) is 22.3. The van der Waals surface area contributed by atoms with Crippen molar-refractivity contribution in [2.75, 3.05) is 17.7 Å². The molecule has 3 heterocycles. The highest BCUT2D eigenvalue weighted by Crippen LogP contribution is 2.38. The Morgan fingerprint density at radius 1 is 1.12 bits per heavy atom. The number of fused-ring (bicyclic) bond motifs is 1. The number of halogens is 1. The summed E-state index contributed by atoms with van der Waals surface area (Å²) in [5.41, 5.74) is 2.36. The maximum atomic E-state index is 15.0. The molecular formula is C25H21FN6O2. The van der Waals surface area contributed by atoms with Crippen molar-refractivity contribution < 1.29 is 13.9 Å². The number of allylic oxidation sites excluding steroid dienone is 1. The van der Waals surface area contributed by atoms with E-state index in [1.54, 1.807) is 61.8 Å². The maximum Gasteiger partial charge on any atom is 0.255 e. The van der Waals surface area contributed by atoms with Gasteiger partial charge in [-0.1, -0.05) is 30.3 Å². The molecule has 1 aliphatic heterocycles. The molecule has 0 unspecified atom stereocenters. The number of benzene rings is 2. The first-order chi connectivity index (χ1) is 16.6. The fraction of sp³-hybridized carbons (Fsp3) is 0.120. The van der Waals surface area contributed by atoms with Crippen LogP contribution in [0.1, 0.15) is 18.5 Å². The van der Waals surface area contributed by atoms with Gasteiger partial charge in [-0.25, -0.2) is 9.07 Å². The van der Waals surface area contributed by atoms with Gasteiger partial charge in [-0.15, -0.1) is 5.10 Å². The highest BCUT2D eigenvalue weighted by atomic mass is 19.1. The summed E-state index contributed by atoms with van der Waals surface area (Å²) in [5, 5.41) is 10.7. The van der Waals surface area contributed by atoms with E-state index in [1.807, 2.05) is 12.1 Å². The van der Waals surface area contributed by atoms with Gasteiger partial charge in [-0.05, 0) is 37.3 Å². The first kappa shape index (κ1) is 21.3. The molecule has 0 aliphatic carbocycles. The lowest BCUT2D eigenvalue weighted by atomic mass is 9.94. The number of anilines is 2. The first-order valence-corrected chi connectivity index (χ1v) is 10.6. The average molecular weight is 456 g/mol. The molecule has 5 rings (SSSR count). The largest absolute Gasteiger partial charge is 0.495 e. The van der Waals surface area contributed by atoms with Crippen LogP contribution in [0.25, 0.3) is 11.4 Å². The Bertz CT molecular complexity index is 1400. The quantitative estimate of drug-likeness (QED) is 0.462. The molecule has 0 radical (unpaired) electrons. The number of aromatic nitrogens is 4. The second-order valence-corrected chi connectivity index (χ2v) is 7.69. The molecule has 0 spiro atoms. The van der Waals surface area contributed by atoms with Crippen LogP contribution in [-0.4, -0.2) is 32.8 Å². The van der Waals surface area contributed by atoms with E-state index < -0.39 is 17.8 Å². The Labute approximate surface area is 195 Å². The van der Waals surface area contributed by atoms with Crippen molar-refractivity contribution in [1.29, 1.82) is 0 Å². The lowest BCUT2D eigenvalue weighted by Crippen LogP contribution is -2.32. The second kappa shape index (κ2) is 8.78. The number of carbonyl (C=O) groups is 1. The number of nitrogens with one attached hydrogen (secondary N) is 2. The Hall–Kier alpha value is -4.53. The molecule has 170 valence electrons. The zero-order valence-electron chi connectivity index (χ0n) is 18.5. The average Bonchev–Trinajstić information content (AvgIpc) is 3.28. The van der Waals surface area contributed by atoms with E-state index in [9.17, 15) is 4.79 Å². The zero-order valence-corrected chi connectivity index (χ0v) is 18.5. The maximum absolute atomic E-state index is 15.0. The van der Waals surface area contributed by atoms with E-state index in [0.717, 1.165) is 0 Å². The molecule has 0 fully saturated rings. The summed E-state index contributed by atoms with van der Waals surface area (Å²) in [6.07, 6.45) is 3.31. The number of amides is 1. The fourth-order valence-corrected chi connectivity index (χ4v) is 3.98. The molecule has 1 aliphatic rings. The summed E-state index contributed by atoms with van der Waals surface area (Å²) < 4.78 is 21.9. The van der Waals surface area contributed by atoms with Crippen molar-refractivity contribution in [3.63, 3.8) is 0 Å². The van der Waals surface area contributed by atoms with Crippen LogP contribution in [0.4, 0.5) is 16.0 Å². The van der Waals surface area contributed by atoms with Crippen LogP contribution < -0.4 is 15.4 Å². The van der Waals surface area contributed by atoms with Crippen molar-refractivity contribution >= 4 is 17.5 Å². The third-order valence-corrected chi connectivity index (χ3v) is 5.57. The van der Waals surface area contributed by atoms with Gasteiger partial charge in [0, 0.05) is 29.2 Å². The highest BCUT2D eigenvalue weighted by molar-refractivity contribution is 6.06. The predicted octanol–water partition coefficient (Wildman–Crippen LogP) is 4.42. The standard InChI is InChI=1S/C25H21FN6O2/c1-15-21(24(33)29-19-11-5-6-12-20(19)34-2)22(17-9-3-4-10-18(17)26)32-25(28-15)30-23(31-32)16-8-7-13-27-14-16/h3-14,22H,1-2H3,(H,29,33)(H,28,30,31)/t22-/m0/s1. The smallest absolute Gasteiger partial charge is 0.255 e. The number of pyridine rings is 1. The molecule has 2 aromatic carbocycles. The van der Waals surface area contributed by atoms with Gasteiger partial charge in [0.25, 0.3) is 5.91 Å². The summed E-state index contributed by atoms with van der Waals surface area (Å²) in [6, 6.07) is 16.2. The van der Waals surface area contributed by atoms with E-state index in [0.29, 0.717) is 45.6 Å². The summed E-state index contributed by atoms with van der Waals surface area (Å²) in [6.45, 7) is 1.76. The van der Waals surface area contributed by atoms with E-state index in [2.05, 4.69) is 25.7 Å². The van der Waals surface area contributed by atoms with Crippen LogP contribution in [-0.2, 0) is 4.79 Å². The third kappa shape index (κ3) is 3.77. The van der Waals surface area contributed by atoms with E-state index in [1.165, 1.54) is 17.9 Å². The highest BCUT2D eigenvalue weighted by Gasteiger charge is 2.36. The molecule has 4 aromatic rings. The number of para-hydroxylation sites is 2. The summed E-state index contributed by atoms with van der Waals surface area (Å²) in [5.74, 6) is 0.469. The van der Waals surface area contributed by atoms with Crippen LogP contribution in [0.5, 0.6) is 5.75 Å². The fourth-order valence-electron chi connectivity index (χ4n) is 3.98. The van der Waals surface area contributed by atoms with Gasteiger partial charge in [0.05, 0.1) is 18.4 Å². The molecule has 0 saturated heterocycles. The number of ether oxygens (including phenoxy) is 1. The molecule has 1 amide bonds. The zero-order chi connectivity index (χ0) is 23.7. The van der Waals surface area contributed by atoms with Crippen LogP contribution in [0.2, 0.25) is 0 Å². The van der Waals surface area contributed by atoms with Gasteiger partial charge in [0.15, 0.2) is 5.82 Å². The van der Waals surface area contributed by atoms with Crippen LogP contribution in [0.3, 0.4) is 0 Å². The van der Waals surface area contributed by atoms with Gasteiger partial charge in [-0.2, -0.15) is 4.98 Å². The monoisotopic (exact) mass is 456 g/mol. The molecule has 1 atom stereocenters. The molecule has 0 saturated carbocycles. The van der Waals surface area contributed by atoms with Crippen molar-refractivity contribution in [3.05, 3.63) is 95.7 Å². The van der Waals surface area contributed by atoms with Crippen molar-refractivity contribution in [2.24, 2.45) is 0 Å². The minimum Gasteiger partial charge on any atom is -0.495 e. The molecule has 2 N–H and O–H groups in total. The number of methoxy groups -OCH3 is 1. The molecule has 0 bridgehead atoms. The molecule has 2 aromatic heterocycles. The van der Waals surface area contributed by atoms with E-state index >= 15 is 4.39 Å². The summed E-state index contributed by atoms with van der Waals surface area (Å²) >= 11 is 0. The SMILES string of the molecule is COc1ccccc1NC(=O)C1=C(C)Nc2nc(-c3cccnc3)nn2[C@H]1c1ccccc1F. The number of rotatable bonds is 5. The number of nitrogens with zero attached hydrogens (tertiary/aromatic N) is 4. The third-order valence-electron chi connectivity index (χ3n) is 5.57. The van der Waals surface area contributed by atoms with Crippen LogP contribution in [0.15, 0.2) is 84.3 Å². The number of hydrogen-bond acceptors (Lipinski definition) is 6. The molecule has 8 nitrogen and oxygen atoms in total. The minimum atomic E-state index is -0.843. The van der Waals surface area contributed by atoms with Gasteiger partial charge in [0.2, 0.25) is 5.95 Å². The van der Waals surface area contributed by atoms with Crippen molar-refractivity contribution in [2.45, 2.75) is 13.0 Å². The Balaban J connectivity index is 1.62. The van der Waals surface area contributed by atoms with Gasteiger partial charge in [-0.3, -0.25) is 9.78 Å². The normalized spacial score (nSPS) is 14.9. The van der Waals surface area contributed by atoms with Gasteiger partial charge < -0.3 is 15.4 Å². The van der Waals surface area contributed by atoms with E-state index in [-0.39, 0.29) is 0 Å². The minimum absolute atomic E-state index is 0.303. The Morgan fingerprint density at radius 2 is 1.91 bits per heavy atom. The number of hydrogen-bond donors (Lipinski definition) is 2. The predicted molar refractivity (Wildman–Crippen MR) is 126 cm³/mol. The topological polar surface area (TPSA) is 94.0 Å². The van der Waals surface area contributed by atoms with Crippen molar-refractivity contribution in [3.8, 4) is 17.1 Å². The van der Waals surface area contributed by atoms with Gasteiger partial charge >= 0.3 is 0 Å². The Kier molecular flexibility index (Phi) is 5.51. The lowest BCUT2D eigenvalue weighted by molar-refractivity contribution is -0.113. The Morgan fingerprint density at radius 3 is 2.68 bits per heavy atom. The second-order valence-electron chi connectivity index (χ2n) is 7.69. The number of carbonyl (C=O) groups excluding carboxylic acids is 1. The van der Waals surface area contributed by atoms with Gasteiger partial charge in [0.1, 0.15) is 17.6 Å².